The van der Waals surface area contributed by atoms with Gasteiger partial charge in [-0.15, -0.1) is 0 Å². The molecule has 0 aromatic heterocycles. The minimum Gasteiger partial charge on any atom is -0.392 e. The summed E-state index contributed by atoms with van der Waals surface area (Å²) in [5.41, 5.74) is -3.73. The highest BCUT2D eigenvalue weighted by Gasteiger charge is 2.59. The summed E-state index contributed by atoms with van der Waals surface area (Å²) in [5, 5.41) is 9.64. The SMILES string of the molecule is CCOP(=O)(OCC)C(F)(F)C1C=CCCC1O. The number of aliphatic hydroxyl groups is 1. The molecule has 0 aliphatic heterocycles. The Morgan fingerprint density at radius 3 is 2.39 bits per heavy atom. The fourth-order valence-electron chi connectivity index (χ4n) is 1.90. The van der Waals surface area contributed by atoms with Gasteiger partial charge in [0.25, 0.3) is 0 Å². The fourth-order valence-corrected chi connectivity index (χ4v) is 3.62. The summed E-state index contributed by atoms with van der Waals surface area (Å²) in [5.74, 6) is -1.53. The van der Waals surface area contributed by atoms with Crippen molar-refractivity contribution in [1.29, 1.82) is 0 Å². The average molecular weight is 284 g/mol. The van der Waals surface area contributed by atoms with Crippen molar-refractivity contribution in [3.8, 4) is 0 Å². The van der Waals surface area contributed by atoms with Crippen LogP contribution in [-0.4, -0.2) is 30.1 Å². The van der Waals surface area contributed by atoms with Crippen LogP contribution in [0.5, 0.6) is 0 Å². The largest absolute Gasteiger partial charge is 0.400 e. The van der Waals surface area contributed by atoms with Gasteiger partial charge in [-0.2, -0.15) is 8.78 Å². The minimum absolute atomic E-state index is 0.139. The molecule has 1 N–H and O–H groups in total. The van der Waals surface area contributed by atoms with E-state index in [1.54, 1.807) is 6.08 Å². The van der Waals surface area contributed by atoms with E-state index in [0.29, 0.717) is 6.42 Å². The zero-order chi connectivity index (χ0) is 13.8. The van der Waals surface area contributed by atoms with E-state index < -0.39 is 25.3 Å². The summed E-state index contributed by atoms with van der Waals surface area (Å²) in [4.78, 5) is 0. The number of allylic oxidation sites excluding steroid dienone is 1. The molecule has 0 fully saturated rings. The maximum atomic E-state index is 14.3. The molecule has 0 spiro atoms. The number of alkyl halides is 2. The molecule has 0 aromatic rings. The Bertz CT molecular complexity index is 336. The maximum absolute atomic E-state index is 14.3. The van der Waals surface area contributed by atoms with Gasteiger partial charge < -0.3 is 14.2 Å². The molecule has 0 amide bonds. The van der Waals surface area contributed by atoms with E-state index in [0.717, 1.165) is 0 Å². The van der Waals surface area contributed by atoms with Crippen LogP contribution in [0, 0.1) is 5.92 Å². The standard InChI is InChI=1S/C11H19F2O4P/c1-3-16-18(15,17-4-2)11(12,13)9-7-5-6-8-10(9)14/h5,7,9-10,14H,3-4,6,8H2,1-2H3. The smallest absolute Gasteiger partial charge is 0.392 e. The molecule has 18 heavy (non-hydrogen) atoms. The third-order valence-electron chi connectivity index (χ3n) is 2.75. The fraction of sp³-hybridized carbons (Fsp3) is 0.818. The molecule has 1 aliphatic carbocycles. The highest BCUT2D eigenvalue weighted by molar-refractivity contribution is 7.55. The van der Waals surface area contributed by atoms with Gasteiger partial charge in [-0.25, -0.2) is 0 Å². The number of rotatable bonds is 6. The minimum atomic E-state index is -4.57. The van der Waals surface area contributed by atoms with Gasteiger partial charge in [-0.05, 0) is 26.7 Å². The number of hydrogen-bond donors (Lipinski definition) is 1. The topological polar surface area (TPSA) is 55.8 Å². The lowest BCUT2D eigenvalue weighted by atomic mass is 9.93. The Hall–Kier alpha value is -0.290. The van der Waals surface area contributed by atoms with Crippen LogP contribution in [0.3, 0.4) is 0 Å². The van der Waals surface area contributed by atoms with Gasteiger partial charge in [0.2, 0.25) is 0 Å². The third-order valence-corrected chi connectivity index (χ3v) is 4.98. The van der Waals surface area contributed by atoms with E-state index in [1.807, 2.05) is 0 Å². The van der Waals surface area contributed by atoms with E-state index in [2.05, 4.69) is 9.05 Å². The van der Waals surface area contributed by atoms with Gasteiger partial charge in [0, 0.05) is 0 Å². The van der Waals surface area contributed by atoms with Crippen molar-refractivity contribution in [1.82, 2.24) is 0 Å². The summed E-state index contributed by atoms with van der Waals surface area (Å²) in [6.45, 7) is 2.66. The zero-order valence-electron chi connectivity index (χ0n) is 10.5. The molecule has 0 bridgehead atoms. The summed E-state index contributed by atoms with van der Waals surface area (Å²) in [7, 11) is -4.57. The van der Waals surface area contributed by atoms with E-state index in [4.69, 9.17) is 0 Å². The van der Waals surface area contributed by atoms with Gasteiger partial charge in [-0.1, -0.05) is 12.2 Å². The van der Waals surface area contributed by atoms with E-state index in [-0.39, 0.29) is 19.6 Å². The Morgan fingerprint density at radius 1 is 1.39 bits per heavy atom. The molecule has 0 heterocycles. The summed E-state index contributed by atoms with van der Waals surface area (Å²) >= 11 is 0. The molecular weight excluding hydrogens is 265 g/mol. The molecule has 1 aliphatic rings. The normalized spacial score (nSPS) is 25.4. The highest BCUT2D eigenvalue weighted by atomic mass is 31.2. The maximum Gasteiger partial charge on any atom is 0.400 e. The van der Waals surface area contributed by atoms with Crippen LogP contribution in [0.4, 0.5) is 8.78 Å². The van der Waals surface area contributed by atoms with Crippen LogP contribution < -0.4 is 0 Å². The molecule has 2 atom stereocenters. The lowest BCUT2D eigenvalue weighted by Crippen LogP contribution is -2.38. The molecule has 0 radical (unpaired) electrons. The molecule has 2 unspecified atom stereocenters. The van der Waals surface area contributed by atoms with Crippen LogP contribution in [-0.2, 0) is 13.6 Å². The Morgan fingerprint density at radius 2 is 1.94 bits per heavy atom. The lowest BCUT2D eigenvalue weighted by Gasteiger charge is -2.34. The molecule has 7 heteroatoms. The monoisotopic (exact) mass is 284 g/mol. The van der Waals surface area contributed by atoms with Gasteiger partial charge in [0.05, 0.1) is 25.2 Å². The number of halogens is 2. The van der Waals surface area contributed by atoms with Gasteiger partial charge in [-0.3, -0.25) is 4.57 Å². The van der Waals surface area contributed by atoms with Crippen molar-refractivity contribution in [2.75, 3.05) is 13.2 Å². The van der Waals surface area contributed by atoms with E-state index >= 15 is 0 Å². The average Bonchev–Trinajstić information content (AvgIpc) is 2.29. The highest BCUT2D eigenvalue weighted by Crippen LogP contribution is 2.65. The van der Waals surface area contributed by atoms with Crippen LogP contribution in [0.2, 0.25) is 0 Å². The predicted octanol–water partition coefficient (Wildman–Crippen LogP) is 3.17. The summed E-state index contributed by atoms with van der Waals surface area (Å²) < 4.78 is 50.0. The molecule has 0 aromatic carbocycles. The molecule has 4 nitrogen and oxygen atoms in total. The van der Waals surface area contributed by atoms with E-state index in [9.17, 15) is 18.5 Å². The Labute approximate surface area is 106 Å². The van der Waals surface area contributed by atoms with Crippen molar-refractivity contribution in [3.63, 3.8) is 0 Å². The molecule has 1 rings (SSSR count). The van der Waals surface area contributed by atoms with Crippen molar-refractivity contribution in [2.45, 2.75) is 38.5 Å². The molecule has 106 valence electrons. The van der Waals surface area contributed by atoms with Crippen molar-refractivity contribution in [3.05, 3.63) is 12.2 Å². The quantitative estimate of drug-likeness (QED) is 0.601. The summed E-state index contributed by atoms with van der Waals surface area (Å²) in [6.07, 6.45) is 2.25. The first-order chi connectivity index (χ1) is 8.39. The van der Waals surface area contributed by atoms with Crippen molar-refractivity contribution < 1.29 is 27.5 Å². The second kappa shape index (κ2) is 6.24. The second-order valence-corrected chi connectivity index (χ2v) is 6.13. The van der Waals surface area contributed by atoms with Crippen molar-refractivity contribution >= 4 is 7.60 Å². The van der Waals surface area contributed by atoms with Crippen molar-refractivity contribution in [2.24, 2.45) is 5.92 Å². The number of aliphatic hydroxyl groups excluding tert-OH is 1. The van der Waals surface area contributed by atoms with Crippen LogP contribution >= 0.6 is 7.60 Å². The van der Waals surface area contributed by atoms with Crippen LogP contribution in [0.15, 0.2) is 12.2 Å². The van der Waals surface area contributed by atoms with Gasteiger partial charge in [0.15, 0.2) is 0 Å². The first kappa shape index (κ1) is 15.8. The summed E-state index contributed by atoms with van der Waals surface area (Å²) in [6, 6.07) is 0. The van der Waals surface area contributed by atoms with Gasteiger partial charge >= 0.3 is 13.3 Å². The van der Waals surface area contributed by atoms with Crippen LogP contribution in [0.1, 0.15) is 26.7 Å². The Kier molecular flexibility index (Phi) is 5.46. The first-order valence-electron chi connectivity index (χ1n) is 6.00. The molecule has 0 saturated carbocycles. The zero-order valence-corrected chi connectivity index (χ0v) is 11.4. The lowest BCUT2D eigenvalue weighted by molar-refractivity contribution is -0.0478. The second-order valence-electron chi connectivity index (χ2n) is 4.02. The Balaban J connectivity index is 3.03. The van der Waals surface area contributed by atoms with Gasteiger partial charge in [0.1, 0.15) is 0 Å². The van der Waals surface area contributed by atoms with E-state index in [1.165, 1.54) is 19.9 Å². The third kappa shape index (κ3) is 2.99. The van der Waals surface area contributed by atoms with Crippen LogP contribution in [0.25, 0.3) is 0 Å². The first-order valence-corrected chi connectivity index (χ1v) is 7.55. The predicted molar refractivity (Wildman–Crippen MR) is 63.7 cm³/mol. The molecule has 0 saturated heterocycles. The molecular formula is C11H19F2O4P. The number of hydrogen-bond acceptors (Lipinski definition) is 4.